The second-order valence-corrected chi connectivity index (χ2v) is 5.13. The summed E-state index contributed by atoms with van der Waals surface area (Å²) in [5, 5.41) is 0.244. The fraction of sp³-hybridized carbons (Fsp3) is 0.727. The molecular formula is C11H18ClN5. The molecule has 5 nitrogen and oxygen atoms in total. The summed E-state index contributed by atoms with van der Waals surface area (Å²) < 4.78 is 0. The number of nitrogens with zero attached hydrogens (tertiary/aromatic N) is 5. The van der Waals surface area contributed by atoms with Crippen LogP contribution in [0.25, 0.3) is 0 Å². The molecule has 1 fully saturated rings. The zero-order chi connectivity index (χ0) is 12.6. The highest BCUT2D eigenvalue weighted by Crippen LogP contribution is 2.35. The maximum absolute atomic E-state index is 5.92. The third-order valence-electron chi connectivity index (χ3n) is 3.22. The second kappa shape index (κ2) is 4.64. The maximum Gasteiger partial charge on any atom is 0.231 e. The number of halogens is 1. The molecule has 0 bridgehead atoms. The van der Waals surface area contributed by atoms with Crippen LogP contribution in [0.4, 0.5) is 11.9 Å². The van der Waals surface area contributed by atoms with Crippen molar-refractivity contribution in [2.45, 2.75) is 25.8 Å². The number of rotatable bonds is 4. The van der Waals surface area contributed by atoms with Crippen molar-refractivity contribution in [2.24, 2.45) is 5.92 Å². The lowest BCUT2D eigenvalue weighted by Crippen LogP contribution is -2.32. The summed E-state index contributed by atoms with van der Waals surface area (Å²) >= 11 is 5.92. The summed E-state index contributed by atoms with van der Waals surface area (Å²) in [6.07, 6.45) is 2.59. The van der Waals surface area contributed by atoms with Gasteiger partial charge in [0.05, 0.1) is 0 Å². The van der Waals surface area contributed by atoms with Crippen LogP contribution >= 0.6 is 11.6 Å². The van der Waals surface area contributed by atoms with E-state index in [1.165, 1.54) is 12.8 Å². The van der Waals surface area contributed by atoms with Crippen LogP contribution in [0.2, 0.25) is 5.28 Å². The van der Waals surface area contributed by atoms with E-state index < -0.39 is 0 Å². The zero-order valence-electron chi connectivity index (χ0n) is 10.7. The summed E-state index contributed by atoms with van der Waals surface area (Å²) in [4.78, 5) is 16.6. The van der Waals surface area contributed by atoms with E-state index in [1.807, 2.05) is 26.0 Å². The van der Waals surface area contributed by atoms with Crippen LogP contribution in [0, 0.1) is 5.92 Å². The lowest BCUT2D eigenvalue weighted by molar-refractivity contribution is 0.596. The van der Waals surface area contributed by atoms with Crippen LogP contribution in [0.1, 0.15) is 19.8 Å². The highest BCUT2D eigenvalue weighted by Gasteiger charge is 2.31. The fourth-order valence-corrected chi connectivity index (χ4v) is 1.92. The van der Waals surface area contributed by atoms with Gasteiger partial charge in [0.25, 0.3) is 0 Å². The quantitative estimate of drug-likeness (QED) is 0.821. The van der Waals surface area contributed by atoms with Gasteiger partial charge in [0.2, 0.25) is 17.2 Å². The summed E-state index contributed by atoms with van der Waals surface area (Å²) in [6.45, 7) is 2.20. The van der Waals surface area contributed by atoms with Crippen molar-refractivity contribution in [3.05, 3.63) is 5.28 Å². The van der Waals surface area contributed by atoms with Crippen molar-refractivity contribution < 1.29 is 0 Å². The molecule has 1 aliphatic carbocycles. The van der Waals surface area contributed by atoms with Crippen LogP contribution in [0.3, 0.4) is 0 Å². The largest absolute Gasteiger partial charge is 0.347 e. The molecule has 1 aromatic rings. The molecule has 17 heavy (non-hydrogen) atoms. The normalized spacial score (nSPS) is 16.8. The minimum atomic E-state index is 0.244. The molecule has 0 amide bonds. The summed E-state index contributed by atoms with van der Waals surface area (Å²) in [6, 6.07) is 0.448. The predicted molar refractivity (Wildman–Crippen MR) is 69.8 cm³/mol. The van der Waals surface area contributed by atoms with Gasteiger partial charge < -0.3 is 9.80 Å². The van der Waals surface area contributed by atoms with E-state index in [-0.39, 0.29) is 5.28 Å². The first-order valence-electron chi connectivity index (χ1n) is 5.80. The van der Waals surface area contributed by atoms with Gasteiger partial charge in [-0.25, -0.2) is 0 Å². The van der Waals surface area contributed by atoms with Gasteiger partial charge >= 0.3 is 0 Å². The minimum Gasteiger partial charge on any atom is -0.347 e. The molecule has 1 heterocycles. The average molecular weight is 256 g/mol. The van der Waals surface area contributed by atoms with Gasteiger partial charge in [0.15, 0.2) is 0 Å². The minimum absolute atomic E-state index is 0.244. The van der Waals surface area contributed by atoms with E-state index in [4.69, 9.17) is 11.6 Å². The first-order chi connectivity index (χ1) is 7.99. The Balaban J connectivity index is 2.24. The lowest BCUT2D eigenvalue weighted by atomic mass is 10.2. The van der Waals surface area contributed by atoms with Gasteiger partial charge in [-0.3, -0.25) is 0 Å². The Bertz CT molecular complexity index is 405. The zero-order valence-corrected chi connectivity index (χ0v) is 11.4. The number of hydrogen-bond donors (Lipinski definition) is 0. The first-order valence-corrected chi connectivity index (χ1v) is 6.18. The molecule has 6 heteroatoms. The van der Waals surface area contributed by atoms with Gasteiger partial charge in [-0.2, -0.15) is 15.0 Å². The molecule has 1 saturated carbocycles. The SMILES string of the molecule is CC(C1CC1)N(C)c1nc(Cl)nc(N(C)C)n1. The Hall–Kier alpha value is -1.10. The van der Waals surface area contributed by atoms with Crippen LogP contribution in [-0.2, 0) is 0 Å². The van der Waals surface area contributed by atoms with Crippen LogP contribution in [-0.4, -0.2) is 42.1 Å². The van der Waals surface area contributed by atoms with Crippen molar-refractivity contribution >= 4 is 23.5 Å². The number of aromatic nitrogens is 3. The Labute approximate surface area is 107 Å². The van der Waals surface area contributed by atoms with E-state index >= 15 is 0 Å². The molecule has 1 aliphatic rings. The lowest BCUT2D eigenvalue weighted by Gasteiger charge is -2.25. The van der Waals surface area contributed by atoms with Crippen molar-refractivity contribution in [3.8, 4) is 0 Å². The van der Waals surface area contributed by atoms with Crippen LogP contribution in [0.5, 0.6) is 0 Å². The Morgan fingerprint density at radius 2 is 1.71 bits per heavy atom. The Morgan fingerprint density at radius 1 is 1.12 bits per heavy atom. The van der Waals surface area contributed by atoms with E-state index in [2.05, 4.69) is 26.8 Å². The number of anilines is 2. The van der Waals surface area contributed by atoms with Crippen molar-refractivity contribution in [1.29, 1.82) is 0 Å². The van der Waals surface area contributed by atoms with E-state index in [0.717, 1.165) is 5.92 Å². The van der Waals surface area contributed by atoms with Gasteiger partial charge in [0, 0.05) is 27.2 Å². The summed E-state index contributed by atoms with van der Waals surface area (Å²) in [7, 11) is 5.79. The van der Waals surface area contributed by atoms with Crippen molar-refractivity contribution in [1.82, 2.24) is 15.0 Å². The highest BCUT2D eigenvalue weighted by molar-refractivity contribution is 6.28. The summed E-state index contributed by atoms with van der Waals surface area (Å²) in [5.74, 6) is 2.00. The molecule has 0 aromatic carbocycles. The molecule has 1 aromatic heterocycles. The number of hydrogen-bond acceptors (Lipinski definition) is 5. The topological polar surface area (TPSA) is 45.2 Å². The molecule has 0 aliphatic heterocycles. The standard InChI is InChI=1S/C11H18ClN5/c1-7(8-5-6-8)17(4)11-14-9(12)13-10(15-11)16(2)3/h7-8H,5-6H2,1-4H3. The maximum atomic E-state index is 5.92. The molecule has 0 spiro atoms. The summed E-state index contributed by atoms with van der Waals surface area (Å²) in [5.41, 5.74) is 0. The van der Waals surface area contributed by atoms with E-state index in [1.54, 1.807) is 0 Å². The van der Waals surface area contributed by atoms with E-state index in [0.29, 0.717) is 17.9 Å². The molecule has 0 radical (unpaired) electrons. The first kappa shape index (κ1) is 12.4. The van der Waals surface area contributed by atoms with Gasteiger partial charge in [-0.1, -0.05) is 0 Å². The fourth-order valence-electron chi connectivity index (χ4n) is 1.76. The van der Waals surface area contributed by atoms with Crippen LogP contribution in [0.15, 0.2) is 0 Å². The Kier molecular flexibility index (Phi) is 3.38. The second-order valence-electron chi connectivity index (χ2n) is 4.79. The average Bonchev–Trinajstić information content (AvgIpc) is 3.10. The smallest absolute Gasteiger partial charge is 0.231 e. The molecule has 94 valence electrons. The Morgan fingerprint density at radius 3 is 2.24 bits per heavy atom. The molecular weight excluding hydrogens is 238 g/mol. The van der Waals surface area contributed by atoms with Crippen molar-refractivity contribution in [2.75, 3.05) is 30.9 Å². The molecule has 1 atom stereocenters. The monoisotopic (exact) mass is 255 g/mol. The van der Waals surface area contributed by atoms with Gasteiger partial charge in [-0.05, 0) is 37.3 Å². The molecule has 2 rings (SSSR count). The predicted octanol–water partition coefficient (Wildman–Crippen LogP) is 1.83. The van der Waals surface area contributed by atoms with Crippen LogP contribution < -0.4 is 9.80 Å². The molecule has 1 unspecified atom stereocenters. The molecule has 0 saturated heterocycles. The third kappa shape index (κ3) is 2.77. The highest BCUT2D eigenvalue weighted by atomic mass is 35.5. The third-order valence-corrected chi connectivity index (χ3v) is 3.38. The molecule has 0 N–H and O–H groups in total. The van der Waals surface area contributed by atoms with E-state index in [9.17, 15) is 0 Å². The van der Waals surface area contributed by atoms with Gasteiger partial charge in [0.1, 0.15) is 0 Å². The van der Waals surface area contributed by atoms with Crippen molar-refractivity contribution in [3.63, 3.8) is 0 Å². The van der Waals surface area contributed by atoms with Gasteiger partial charge in [-0.15, -0.1) is 0 Å².